The average molecular weight is 295 g/mol. The first-order valence-corrected chi connectivity index (χ1v) is 7.41. The SMILES string of the molecule is O=[N+]([O-])c1ccc(C=N[C@@H]2CCC[C@H]2c2ccncc2)cc1. The lowest BCUT2D eigenvalue weighted by Gasteiger charge is -2.15. The summed E-state index contributed by atoms with van der Waals surface area (Å²) in [5.41, 5.74) is 2.29. The smallest absolute Gasteiger partial charge is 0.269 e. The normalized spacial score (nSPS) is 21.3. The molecule has 0 spiro atoms. The first kappa shape index (κ1) is 14.4. The molecule has 3 rings (SSSR count). The topological polar surface area (TPSA) is 68.4 Å². The molecule has 1 saturated carbocycles. The largest absolute Gasteiger partial charge is 0.289 e. The van der Waals surface area contributed by atoms with E-state index in [2.05, 4.69) is 17.1 Å². The summed E-state index contributed by atoms with van der Waals surface area (Å²) in [4.78, 5) is 19.0. The number of hydrogen-bond acceptors (Lipinski definition) is 4. The van der Waals surface area contributed by atoms with Gasteiger partial charge in [-0.25, -0.2) is 0 Å². The van der Waals surface area contributed by atoms with Gasteiger partial charge in [-0.05, 0) is 48.2 Å². The Bertz CT molecular complexity index is 668. The number of benzene rings is 1. The summed E-state index contributed by atoms with van der Waals surface area (Å²) in [6, 6.07) is 10.9. The minimum absolute atomic E-state index is 0.104. The highest BCUT2D eigenvalue weighted by Gasteiger charge is 2.27. The molecule has 1 aliphatic carbocycles. The van der Waals surface area contributed by atoms with Crippen LogP contribution < -0.4 is 0 Å². The van der Waals surface area contributed by atoms with E-state index in [0.29, 0.717) is 5.92 Å². The van der Waals surface area contributed by atoms with Crippen LogP contribution in [0.1, 0.15) is 36.3 Å². The molecule has 0 bridgehead atoms. The van der Waals surface area contributed by atoms with Gasteiger partial charge in [-0.1, -0.05) is 6.42 Å². The fourth-order valence-corrected chi connectivity index (χ4v) is 2.98. The molecule has 0 saturated heterocycles. The molecule has 22 heavy (non-hydrogen) atoms. The molecule has 1 fully saturated rings. The van der Waals surface area contributed by atoms with E-state index < -0.39 is 4.92 Å². The van der Waals surface area contributed by atoms with Crippen LogP contribution in [-0.4, -0.2) is 22.2 Å². The van der Waals surface area contributed by atoms with Gasteiger partial charge in [0, 0.05) is 36.7 Å². The van der Waals surface area contributed by atoms with Crippen LogP contribution in [0, 0.1) is 10.1 Å². The molecule has 0 N–H and O–H groups in total. The molecule has 1 aliphatic rings. The summed E-state index contributed by atoms with van der Waals surface area (Å²) < 4.78 is 0. The number of nitro groups is 1. The molecule has 0 aliphatic heterocycles. The molecule has 0 radical (unpaired) electrons. The molecule has 2 atom stereocenters. The first-order chi connectivity index (χ1) is 10.7. The van der Waals surface area contributed by atoms with E-state index in [1.165, 1.54) is 24.1 Å². The molecule has 1 heterocycles. The van der Waals surface area contributed by atoms with Crippen LogP contribution in [-0.2, 0) is 0 Å². The van der Waals surface area contributed by atoms with E-state index in [4.69, 9.17) is 4.99 Å². The zero-order valence-electron chi connectivity index (χ0n) is 12.1. The fraction of sp³-hybridized carbons (Fsp3) is 0.294. The molecular formula is C17H17N3O2. The van der Waals surface area contributed by atoms with Crippen molar-refractivity contribution in [3.05, 3.63) is 70.0 Å². The van der Waals surface area contributed by atoms with Gasteiger partial charge in [-0.3, -0.25) is 20.1 Å². The Morgan fingerprint density at radius 1 is 1.14 bits per heavy atom. The minimum Gasteiger partial charge on any atom is -0.289 e. The fourth-order valence-electron chi connectivity index (χ4n) is 2.98. The number of pyridine rings is 1. The zero-order valence-corrected chi connectivity index (χ0v) is 12.1. The third-order valence-electron chi connectivity index (χ3n) is 4.13. The molecule has 112 valence electrons. The Kier molecular flexibility index (Phi) is 4.23. The molecule has 5 heteroatoms. The van der Waals surface area contributed by atoms with Crippen LogP contribution >= 0.6 is 0 Å². The van der Waals surface area contributed by atoms with Gasteiger partial charge in [0.05, 0.1) is 11.0 Å². The van der Waals surface area contributed by atoms with E-state index in [9.17, 15) is 10.1 Å². The Labute approximate surface area is 128 Å². The maximum atomic E-state index is 10.6. The van der Waals surface area contributed by atoms with E-state index in [1.807, 2.05) is 18.6 Å². The number of aliphatic imine (C=N–C) groups is 1. The molecule has 5 nitrogen and oxygen atoms in total. The van der Waals surface area contributed by atoms with Gasteiger partial charge in [0.25, 0.3) is 5.69 Å². The highest BCUT2D eigenvalue weighted by molar-refractivity contribution is 5.80. The Balaban J connectivity index is 1.72. The van der Waals surface area contributed by atoms with Gasteiger partial charge in [0.1, 0.15) is 0 Å². The van der Waals surface area contributed by atoms with E-state index >= 15 is 0 Å². The summed E-state index contributed by atoms with van der Waals surface area (Å²) >= 11 is 0. The second kappa shape index (κ2) is 6.47. The number of hydrogen-bond donors (Lipinski definition) is 0. The number of non-ortho nitro benzene ring substituents is 1. The van der Waals surface area contributed by atoms with Crippen LogP contribution in [0.3, 0.4) is 0 Å². The van der Waals surface area contributed by atoms with Crippen molar-refractivity contribution in [2.24, 2.45) is 4.99 Å². The van der Waals surface area contributed by atoms with Crippen molar-refractivity contribution in [1.29, 1.82) is 0 Å². The highest BCUT2D eigenvalue weighted by Crippen LogP contribution is 2.36. The number of nitro benzene ring substituents is 1. The zero-order chi connectivity index (χ0) is 15.4. The monoisotopic (exact) mass is 295 g/mol. The second-order valence-corrected chi connectivity index (χ2v) is 5.51. The molecule has 1 aromatic heterocycles. The van der Waals surface area contributed by atoms with Crippen molar-refractivity contribution in [3.8, 4) is 0 Å². The van der Waals surface area contributed by atoms with E-state index in [0.717, 1.165) is 18.4 Å². The van der Waals surface area contributed by atoms with Crippen LogP contribution in [0.15, 0.2) is 53.8 Å². The Morgan fingerprint density at radius 3 is 2.55 bits per heavy atom. The third-order valence-corrected chi connectivity index (χ3v) is 4.13. The summed E-state index contributed by atoms with van der Waals surface area (Å²) in [5.74, 6) is 0.442. The average Bonchev–Trinajstić information content (AvgIpc) is 3.02. The van der Waals surface area contributed by atoms with Crippen LogP contribution in [0.4, 0.5) is 5.69 Å². The van der Waals surface area contributed by atoms with Gasteiger partial charge < -0.3 is 0 Å². The lowest BCUT2D eigenvalue weighted by Crippen LogP contribution is -2.10. The van der Waals surface area contributed by atoms with Gasteiger partial charge in [-0.2, -0.15) is 0 Å². The molecule has 0 unspecified atom stereocenters. The van der Waals surface area contributed by atoms with Crippen molar-refractivity contribution in [3.63, 3.8) is 0 Å². The van der Waals surface area contributed by atoms with Crippen LogP contribution in [0.2, 0.25) is 0 Å². The Hall–Kier alpha value is -2.56. The van der Waals surface area contributed by atoms with Gasteiger partial charge in [-0.15, -0.1) is 0 Å². The number of aromatic nitrogens is 1. The quantitative estimate of drug-likeness (QED) is 0.490. The summed E-state index contributed by atoms with van der Waals surface area (Å²) in [6.07, 6.45) is 8.88. The van der Waals surface area contributed by atoms with Gasteiger partial charge in [0.15, 0.2) is 0 Å². The van der Waals surface area contributed by atoms with Crippen molar-refractivity contribution >= 4 is 11.9 Å². The maximum absolute atomic E-state index is 10.6. The standard InChI is InChI=1S/C17H17N3O2/c21-20(22)15-6-4-13(5-7-15)12-19-17-3-1-2-16(17)14-8-10-18-11-9-14/h4-12,16-17H,1-3H2/t16-,17+/m0/s1. The molecule has 1 aromatic carbocycles. The summed E-state index contributed by atoms with van der Waals surface area (Å²) in [5, 5.41) is 10.6. The van der Waals surface area contributed by atoms with E-state index in [-0.39, 0.29) is 11.7 Å². The summed E-state index contributed by atoms with van der Waals surface area (Å²) in [6.45, 7) is 0. The molecule has 0 amide bonds. The first-order valence-electron chi connectivity index (χ1n) is 7.41. The predicted molar refractivity (Wildman–Crippen MR) is 85.3 cm³/mol. The summed E-state index contributed by atoms with van der Waals surface area (Å²) in [7, 11) is 0. The third kappa shape index (κ3) is 3.19. The van der Waals surface area contributed by atoms with Crippen molar-refractivity contribution in [2.45, 2.75) is 31.2 Å². The number of rotatable bonds is 4. The minimum atomic E-state index is -0.392. The van der Waals surface area contributed by atoms with Crippen molar-refractivity contribution in [2.75, 3.05) is 0 Å². The maximum Gasteiger partial charge on any atom is 0.269 e. The molecule has 2 aromatic rings. The number of nitrogens with zero attached hydrogens (tertiary/aromatic N) is 3. The second-order valence-electron chi connectivity index (χ2n) is 5.51. The van der Waals surface area contributed by atoms with Crippen LogP contribution in [0.25, 0.3) is 0 Å². The highest BCUT2D eigenvalue weighted by atomic mass is 16.6. The molecular weight excluding hydrogens is 278 g/mol. The Morgan fingerprint density at radius 2 is 1.86 bits per heavy atom. The van der Waals surface area contributed by atoms with Crippen molar-refractivity contribution in [1.82, 2.24) is 4.98 Å². The lowest BCUT2D eigenvalue weighted by atomic mass is 9.95. The van der Waals surface area contributed by atoms with E-state index in [1.54, 1.807) is 12.1 Å². The van der Waals surface area contributed by atoms with Gasteiger partial charge >= 0.3 is 0 Å². The lowest BCUT2D eigenvalue weighted by molar-refractivity contribution is -0.384. The predicted octanol–water partition coefficient (Wildman–Crippen LogP) is 3.75. The van der Waals surface area contributed by atoms with Gasteiger partial charge in [0.2, 0.25) is 0 Å². The van der Waals surface area contributed by atoms with Crippen molar-refractivity contribution < 1.29 is 4.92 Å². The van der Waals surface area contributed by atoms with Crippen LogP contribution in [0.5, 0.6) is 0 Å².